The first-order valence-corrected chi connectivity index (χ1v) is 10.6. The third-order valence-electron chi connectivity index (χ3n) is 3.83. The van der Waals surface area contributed by atoms with Crippen LogP contribution in [0.15, 0.2) is 42.5 Å². The molecule has 2 aromatic rings. The maximum absolute atomic E-state index is 12.2. The summed E-state index contributed by atoms with van der Waals surface area (Å²) < 4.78 is 30.9. The number of carbonyl (C=O) groups excluding carboxylic acids is 1. The summed E-state index contributed by atoms with van der Waals surface area (Å²) in [5.74, 6) is 0.298. The Morgan fingerprint density at radius 2 is 1.81 bits per heavy atom. The minimum Gasteiger partial charge on any atom is -0.492 e. The number of carbonyl (C=O) groups is 1. The third-order valence-corrected chi connectivity index (χ3v) is 5.19. The molecule has 0 spiro atoms. The van der Waals surface area contributed by atoms with Crippen LogP contribution in [0.25, 0.3) is 0 Å². The molecule has 1 amide bonds. The maximum Gasteiger partial charge on any atom is 0.240 e. The minimum atomic E-state index is -3.63. The lowest BCUT2D eigenvalue weighted by molar-refractivity contribution is -0.119. The highest BCUT2D eigenvalue weighted by molar-refractivity contribution is 7.92. The van der Waals surface area contributed by atoms with E-state index in [4.69, 9.17) is 16.3 Å². The van der Waals surface area contributed by atoms with Gasteiger partial charge in [-0.1, -0.05) is 29.3 Å². The van der Waals surface area contributed by atoms with E-state index in [0.717, 1.165) is 16.1 Å². The van der Waals surface area contributed by atoms with E-state index in [0.29, 0.717) is 22.0 Å². The molecule has 0 radical (unpaired) electrons. The van der Waals surface area contributed by atoms with Gasteiger partial charge in [-0.05, 0) is 49.7 Å². The predicted molar refractivity (Wildman–Crippen MR) is 108 cm³/mol. The molecule has 0 atom stereocenters. The molecule has 0 aliphatic heterocycles. The van der Waals surface area contributed by atoms with Gasteiger partial charge in [0.05, 0.1) is 18.5 Å². The standard InChI is InChI=1S/C19H23ClN2O4S/c1-14-4-7-17(8-5-14)26-11-10-21-19(23)13-22(27(3,24)25)18-9-6-16(20)12-15(18)2/h4-9,12H,10-11,13H2,1-3H3,(H,21,23). The van der Waals surface area contributed by atoms with E-state index < -0.39 is 15.9 Å². The molecule has 0 saturated heterocycles. The molecule has 0 aromatic heterocycles. The highest BCUT2D eigenvalue weighted by Gasteiger charge is 2.22. The Bertz CT molecular complexity index is 898. The molecular weight excluding hydrogens is 388 g/mol. The van der Waals surface area contributed by atoms with E-state index in [9.17, 15) is 13.2 Å². The molecule has 0 saturated carbocycles. The van der Waals surface area contributed by atoms with Crippen molar-refractivity contribution < 1.29 is 17.9 Å². The van der Waals surface area contributed by atoms with Crippen molar-refractivity contribution in [1.82, 2.24) is 5.32 Å². The van der Waals surface area contributed by atoms with Gasteiger partial charge in [0.1, 0.15) is 18.9 Å². The second kappa shape index (κ2) is 9.10. The molecule has 0 unspecified atom stereocenters. The first-order chi connectivity index (χ1) is 12.7. The van der Waals surface area contributed by atoms with Gasteiger partial charge in [0.25, 0.3) is 0 Å². The number of aryl methyl sites for hydroxylation is 2. The van der Waals surface area contributed by atoms with E-state index >= 15 is 0 Å². The van der Waals surface area contributed by atoms with Gasteiger partial charge in [-0.2, -0.15) is 0 Å². The summed E-state index contributed by atoms with van der Waals surface area (Å²) in [6.45, 7) is 3.97. The Balaban J connectivity index is 1.93. The highest BCUT2D eigenvalue weighted by atomic mass is 35.5. The van der Waals surface area contributed by atoms with Crippen LogP contribution in [0.1, 0.15) is 11.1 Å². The zero-order valence-corrected chi connectivity index (χ0v) is 17.1. The summed E-state index contributed by atoms with van der Waals surface area (Å²) in [4.78, 5) is 12.2. The SMILES string of the molecule is Cc1ccc(OCCNC(=O)CN(c2ccc(Cl)cc2C)S(C)(=O)=O)cc1. The molecule has 1 N–H and O–H groups in total. The average Bonchev–Trinajstić information content (AvgIpc) is 2.58. The third kappa shape index (κ3) is 6.45. The summed E-state index contributed by atoms with van der Waals surface area (Å²) in [5.41, 5.74) is 2.23. The molecule has 0 aliphatic rings. The average molecular weight is 411 g/mol. The largest absolute Gasteiger partial charge is 0.492 e. The van der Waals surface area contributed by atoms with Gasteiger partial charge in [0.2, 0.25) is 15.9 Å². The van der Waals surface area contributed by atoms with Crippen LogP contribution >= 0.6 is 11.6 Å². The molecule has 27 heavy (non-hydrogen) atoms. The Kier molecular flexibility index (Phi) is 7.10. The molecule has 6 nitrogen and oxygen atoms in total. The molecular formula is C19H23ClN2O4S. The molecule has 8 heteroatoms. The molecule has 2 rings (SSSR count). The van der Waals surface area contributed by atoms with Crippen LogP contribution < -0.4 is 14.4 Å². The fourth-order valence-corrected chi connectivity index (χ4v) is 3.60. The number of ether oxygens (including phenoxy) is 1. The van der Waals surface area contributed by atoms with E-state index in [-0.39, 0.29) is 19.7 Å². The van der Waals surface area contributed by atoms with Crippen molar-refractivity contribution in [2.24, 2.45) is 0 Å². The van der Waals surface area contributed by atoms with Crippen molar-refractivity contribution in [2.45, 2.75) is 13.8 Å². The quantitative estimate of drug-likeness (QED) is 0.679. The van der Waals surface area contributed by atoms with Crippen molar-refractivity contribution in [3.8, 4) is 5.75 Å². The van der Waals surface area contributed by atoms with Gasteiger partial charge < -0.3 is 10.1 Å². The zero-order valence-electron chi connectivity index (χ0n) is 15.5. The van der Waals surface area contributed by atoms with Gasteiger partial charge in [0.15, 0.2) is 0 Å². The van der Waals surface area contributed by atoms with E-state index in [2.05, 4.69) is 5.32 Å². The first kappa shape index (κ1) is 21.1. The van der Waals surface area contributed by atoms with E-state index in [1.54, 1.807) is 25.1 Å². The number of nitrogens with one attached hydrogen (secondary N) is 1. The normalized spacial score (nSPS) is 11.1. The van der Waals surface area contributed by atoms with Crippen molar-refractivity contribution in [3.05, 3.63) is 58.6 Å². The fraction of sp³-hybridized carbons (Fsp3) is 0.316. The first-order valence-electron chi connectivity index (χ1n) is 8.37. The summed E-state index contributed by atoms with van der Waals surface area (Å²) in [6.07, 6.45) is 1.06. The number of hydrogen-bond acceptors (Lipinski definition) is 4. The molecule has 0 aliphatic carbocycles. The van der Waals surface area contributed by atoms with Gasteiger partial charge in [0, 0.05) is 5.02 Å². The smallest absolute Gasteiger partial charge is 0.240 e. The summed E-state index contributed by atoms with van der Waals surface area (Å²) in [6, 6.07) is 12.4. The highest BCUT2D eigenvalue weighted by Crippen LogP contribution is 2.25. The summed E-state index contributed by atoms with van der Waals surface area (Å²) in [5, 5.41) is 3.17. The Labute approximate surface area is 165 Å². The Morgan fingerprint density at radius 3 is 2.41 bits per heavy atom. The second-order valence-electron chi connectivity index (χ2n) is 6.21. The van der Waals surface area contributed by atoms with Crippen molar-refractivity contribution in [2.75, 3.05) is 30.3 Å². The topological polar surface area (TPSA) is 75.7 Å². The van der Waals surface area contributed by atoms with Crippen molar-refractivity contribution >= 4 is 33.2 Å². The zero-order chi connectivity index (χ0) is 20.0. The van der Waals surface area contributed by atoms with E-state index in [1.807, 2.05) is 31.2 Å². The molecule has 0 fully saturated rings. The minimum absolute atomic E-state index is 0.268. The fourth-order valence-electron chi connectivity index (χ4n) is 2.46. The lowest BCUT2D eigenvalue weighted by Crippen LogP contribution is -2.41. The monoisotopic (exact) mass is 410 g/mol. The number of nitrogens with zero attached hydrogens (tertiary/aromatic N) is 1. The predicted octanol–water partition coefficient (Wildman–Crippen LogP) is 2.92. The second-order valence-corrected chi connectivity index (χ2v) is 8.56. The van der Waals surface area contributed by atoms with Crippen molar-refractivity contribution in [3.63, 3.8) is 0 Å². The Hall–Kier alpha value is -2.25. The Morgan fingerprint density at radius 1 is 1.15 bits per heavy atom. The van der Waals surface area contributed by atoms with Crippen LogP contribution in [0, 0.1) is 13.8 Å². The number of amides is 1. The van der Waals surface area contributed by atoms with Crippen LogP contribution in [0.3, 0.4) is 0 Å². The molecule has 0 heterocycles. The lowest BCUT2D eigenvalue weighted by atomic mass is 10.2. The van der Waals surface area contributed by atoms with Gasteiger partial charge >= 0.3 is 0 Å². The number of anilines is 1. The van der Waals surface area contributed by atoms with Crippen LogP contribution in [-0.4, -0.2) is 40.3 Å². The van der Waals surface area contributed by atoms with Crippen LogP contribution in [0.5, 0.6) is 5.75 Å². The number of hydrogen-bond donors (Lipinski definition) is 1. The van der Waals surface area contributed by atoms with Crippen LogP contribution in [0.2, 0.25) is 5.02 Å². The number of sulfonamides is 1. The summed E-state index contributed by atoms with van der Waals surface area (Å²) in [7, 11) is -3.63. The van der Waals surface area contributed by atoms with Gasteiger partial charge in [-0.25, -0.2) is 8.42 Å². The molecule has 0 bridgehead atoms. The molecule has 146 valence electrons. The lowest BCUT2D eigenvalue weighted by Gasteiger charge is -2.23. The van der Waals surface area contributed by atoms with Gasteiger partial charge in [-0.15, -0.1) is 0 Å². The van der Waals surface area contributed by atoms with E-state index in [1.165, 1.54) is 0 Å². The number of benzene rings is 2. The van der Waals surface area contributed by atoms with Crippen molar-refractivity contribution in [1.29, 1.82) is 0 Å². The number of rotatable bonds is 8. The molecule has 2 aromatic carbocycles. The number of halogens is 1. The van der Waals surface area contributed by atoms with Crippen LogP contribution in [0.4, 0.5) is 5.69 Å². The van der Waals surface area contributed by atoms with Gasteiger partial charge in [-0.3, -0.25) is 9.10 Å². The van der Waals surface area contributed by atoms with Crippen LogP contribution in [-0.2, 0) is 14.8 Å². The summed E-state index contributed by atoms with van der Waals surface area (Å²) >= 11 is 5.92. The maximum atomic E-state index is 12.2.